The van der Waals surface area contributed by atoms with Crippen molar-refractivity contribution in [3.8, 4) is 5.75 Å². The van der Waals surface area contributed by atoms with Crippen LogP contribution in [-0.4, -0.2) is 34.2 Å². The van der Waals surface area contributed by atoms with E-state index >= 15 is 0 Å². The molecule has 0 saturated heterocycles. The van der Waals surface area contributed by atoms with Crippen molar-refractivity contribution in [3.63, 3.8) is 0 Å². The van der Waals surface area contributed by atoms with Crippen molar-refractivity contribution in [2.24, 2.45) is 5.92 Å². The molecule has 1 aromatic heterocycles. The van der Waals surface area contributed by atoms with Gasteiger partial charge in [0.25, 0.3) is 0 Å². The topological polar surface area (TPSA) is 81.1 Å². The van der Waals surface area contributed by atoms with Crippen LogP contribution in [0.2, 0.25) is 0 Å². The maximum absolute atomic E-state index is 12.1. The van der Waals surface area contributed by atoms with Crippen LogP contribution in [0.5, 0.6) is 5.75 Å². The Labute approximate surface area is 129 Å². The van der Waals surface area contributed by atoms with Gasteiger partial charge in [0.05, 0.1) is 32.1 Å². The molecule has 2 amide bonds. The van der Waals surface area contributed by atoms with Crippen LogP contribution in [0.3, 0.4) is 0 Å². The number of amides is 2. The molecule has 7 heteroatoms. The molecular formula is C15H21N5O2. The predicted molar refractivity (Wildman–Crippen MR) is 83.8 cm³/mol. The number of ether oxygens (including phenoxy) is 1. The van der Waals surface area contributed by atoms with Gasteiger partial charge in [0.15, 0.2) is 0 Å². The van der Waals surface area contributed by atoms with E-state index < -0.39 is 0 Å². The van der Waals surface area contributed by atoms with Crippen molar-refractivity contribution in [3.05, 3.63) is 36.7 Å². The van der Waals surface area contributed by atoms with Gasteiger partial charge in [-0.15, -0.1) is 0 Å². The summed E-state index contributed by atoms with van der Waals surface area (Å²) >= 11 is 0. The number of rotatable bonds is 6. The van der Waals surface area contributed by atoms with E-state index in [2.05, 4.69) is 20.8 Å². The van der Waals surface area contributed by atoms with Crippen molar-refractivity contribution >= 4 is 11.7 Å². The maximum atomic E-state index is 12.1. The molecule has 0 radical (unpaired) electrons. The highest BCUT2D eigenvalue weighted by molar-refractivity contribution is 5.89. The van der Waals surface area contributed by atoms with E-state index in [1.807, 2.05) is 32.0 Å². The summed E-state index contributed by atoms with van der Waals surface area (Å²) in [6, 6.07) is 6.88. The largest absolute Gasteiger partial charge is 0.497 e. The minimum absolute atomic E-state index is 0.0713. The summed E-state index contributed by atoms with van der Waals surface area (Å²) in [5, 5.41) is 13.9. The number of methoxy groups -OCH3 is 1. The van der Waals surface area contributed by atoms with Gasteiger partial charge in [-0.25, -0.2) is 4.79 Å². The van der Waals surface area contributed by atoms with Crippen molar-refractivity contribution in [2.45, 2.75) is 26.4 Å². The van der Waals surface area contributed by atoms with E-state index in [9.17, 15) is 4.79 Å². The van der Waals surface area contributed by atoms with Crippen LogP contribution in [0.25, 0.3) is 0 Å². The summed E-state index contributed by atoms with van der Waals surface area (Å²) in [5.74, 6) is 0.945. The number of carbonyl (C=O) groups excluding carboxylic acids is 1. The lowest BCUT2D eigenvalue weighted by Gasteiger charge is -2.22. The molecule has 0 aliphatic rings. The van der Waals surface area contributed by atoms with Crippen LogP contribution in [0.4, 0.5) is 10.5 Å². The number of carbonyl (C=O) groups is 1. The molecule has 2 N–H and O–H groups in total. The standard InChI is InChI=1S/C15H21N5O2/c1-11(2)14(10-20-16-7-8-17-20)19-15(21)18-12-5-4-6-13(9-12)22-3/h4-9,11,14H,10H2,1-3H3,(H2,18,19,21). The monoisotopic (exact) mass is 303 g/mol. The van der Waals surface area contributed by atoms with Crippen LogP contribution in [0.1, 0.15) is 13.8 Å². The maximum Gasteiger partial charge on any atom is 0.319 e. The van der Waals surface area contributed by atoms with E-state index in [4.69, 9.17) is 4.74 Å². The molecule has 0 saturated carbocycles. The molecule has 0 fully saturated rings. The highest BCUT2D eigenvalue weighted by Crippen LogP contribution is 2.16. The van der Waals surface area contributed by atoms with E-state index in [0.29, 0.717) is 18.0 Å². The summed E-state index contributed by atoms with van der Waals surface area (Å²) in [6.45, 7) is 4.61. The molecule has 2 rings (SSSR count). The van der Waals surface area contributed by atoms with Crippen LogP contribution in [-0.2, 0) is 6.54 Å². The highest BCUT2D eigenvalue weighted by atomic mass is 16.5. The molecule has 0 bridgehead atoms. The van der Waals surface area contributed by atoms with Gasteiger partial charge >= 0.3 is 6.03 Å². The molecule has 2 aromatic rings. The van der Waals surface area contributed by atoms with Gasteiger partial charge in [0, 0.05) is 11.8 Å². The van der Waals surface area contributed by atoms with Crippen LogP contribution in [0, 0.1) is 5.92 Å². The third-order valence-electron chi connectivity index (χ3n) is 3.28. The van der Waals surface area contributed by atoms with Gasteiger partial charge < -0.3 is 15.4 Å². The van der Waals surface area contributed by atoms with Gasteiger partial charge in [0.1, 0.15) is 5.75 Å². The zero-order valence-electron chi connectivity index (χ0n) is 13.0. The Morgan fingerprint density at radius 3 is 2.68 bits per heavy atom. The average molecular weight is 303 g/mol. The van der Waals surface area contributed by atoms with Crippen molar-refractivity contribution in [1.29, 1.82) is 0 Å². The van der Waals surface area contributed by atoms with E-state index in [1.165, 1.54) is 0 Å². The lowest BCUT2D eigenvalue weighted by molar-refractivity contribution is 0.239. The van der Waals surface area contributed by atoms with Gasteiger partial charge in [-0.1, -0.05) is 19.9 Å². The molecule has 1 aromatic carbocycles. The summed E-state index contributed by atoms with van der Waals surface area (Å²) in [6.07, 6.45) is 3.24. The molecule has 0 aliphatic heterocycles. The molecule has 0 spiro atoms. The summed E-state index contributed by atoms with van der Waals surface area (Å²) in [7, 11) is 1.59. The first-order valence-corrected chi connectivity index (χ1v) is 7.14. The number of benzene rings is 1. The molecule has 1 unspecified atom stereocenters. The van der Waals surface area contributed by atoms with Gasteiger partial charge in [-0.2, -0.15) is 15.0 Å². The number of anilines is 1. The van der Waals surface area contributed by atoms with Gasteiger partial charge in [-0.05, 0) is 18.1 Å². The Morgan fingerprint density at radius 2 is 2.05 bits per heavy atom. The number of hydrogen-bond donors (Lipinski definition) is 2. The fourth-order valence-electron chi connectivity index (χ4n) is 1.97. The van der Waals surface area contributed by atoms with E-state index in [0.717, 1.165) is 0 Å². The fourth-order valence-corrected chi connectivity index (χ4v) is 1.97. The first kappa shape index (κ1) is 15.8. The molecule has 1 atom stereocenters. The minimum Gasteiger partial charge on any atom is -0.497 e. The number of nitrogens with one attached hydrogen (secondary N) is 2. The molecule has 118 valence electrons. The normalized spacial score (nSPS) is 12.0. The number of urea groups is 1. The molecule has 1 heterocycles. The Bertz CT molecular complexity index is 598. The molecule has 0 aliphatic carbocycles. The van der Waals surface area contributed by atoms with Gasteiger partial charge in [0.2, 0.25) is 0 Å². The first-order chi connectivity index (χ1) is 10.6. The zero-order valence-corrected chi connectivity index (χ0v) is 13.0. The Morgan fingerprint density at radius 1 is 1.32 bits per heavy atom. The Hall–Kier alpha value is -2.57. The number of nitrogens with zero attached hydrogens (tertiary/aromatic N) is 3. The smallest absolute Gasteiger partial charge is 0.319 e. The zero-order chi connectivity index (χ0) is 15.9. The number of hydrogen-bond acceptors (Lipinski definition) is 4. The molecule has 7 nitrogen and oxygen atoms in total. The lowest BCUT2D eigenvalue weighted by atomic mass is 10.1. The minimum atomic E-state index is -0.265. The predicted octanol–water partition coefficient (Wildman–Crippen LogP) is 2.13. The lowest BCUT2D eigenvalue weighted by Crippen LogP contribution is -2.44. The number of aromatic nitrogens is 3. The second kappa shape index (κ2) is 7.44. The van der Waals surface area contributed by atoms with Crippen LogP contribution >= 0.6 is 0 Å². The third kappa shape index (κ3) is 4.47. The van der Waals surface area contributed by atoms with Crippen LogP contribution < -0.4 is 15.4 Å². The van der Waals surface area contributed by atoms with Crippen molar-refractivity contribution in [1.82, 2.24) is 20.3 Å². The second-order valence-electron chi connectivity index (χ2n) is 5.26. The summed E-state index contributed by atoms with van der Waals surface area (Å²) < 4.78 is 5.13. The SMILES string of the molecule is COc1cccc(NC(=O)NC(Cn2nccn2)C(C)C)c1. The van der Waals surface area contributed by atoms with Crippen molar-refractivity contribution < 1.29 is 9.53 Å². The highest BCUT2D eigenvalue weighted by Gasteiger charge is 2.17. The Balaban J connectivity index is 1.95. The third-order valence-corrected chi connectivity index (χ3v) is 3.28. The van der Waals surface area contributed by atoms with Crippen molar-refractivity contribution in [2.75, 3.05) is 12.4 Å². The quantitative estimate of drug-likeness (QED) is 0.856. The molecule has 22 heavy (non-hydrogen) atoms. The summed E-state index contributed by atoms with van der Waals surface area (Å²) in [5.41, 5.74) is 0.677. The summed E-state index contributed by atoms with van der Waals surface area (Å²) in [4.78, 5) is 13.7. The Kier molecular flexibility index (Phi) is 5.35. The average Bonchev–Trinajstić information content (AvgIpc) is 2.99. The molecular weight excluding hydrogens is 282 g/mol. The second-order valence-corrected chi connectivity index (χ2v) is 5.26. The first-order valence-electron chi connectivity index (χ1n) is 7.14. The van der Waals surface area contributed by atoms with Gasteiger partial charge in [-0.3, -0.25) is 0 Å². The van der Waals surface area contributed by atoms with E-state index in [1.54, 1.807) is 30.4 Å². The van der Waals surface area contributed by atoms with Crippen LogP contribution in [0.15, 0.2) is 36.7 Å². The van der Waals surface area contributed by atoms with E-state index in [-0.39, 0.29) is 18.0 Å². The fraction of sp³-hybridized carbons (Fsp3) is 0.400.